The Morgan fingerprint density at radius 1 is 1.20 bits per heavy atom. The first-order chi connectivity index (χ1) is 14.3. The summed E-state index contributed by atoms with van der Waals surface area (Å²) < 4.78 is 39.3. The van der Waals surface area contributed by atoms with E-state index in [1.807, 2.05) is 13.0 Å². The summed E-state index contributed by atoms with van der Waals surface area (Å²) in [5.41, 5.74) is 0.830. The molecule has 0 spiro atoms. The lowest BCUT2D eigenvalue weighted by Crippen LogP contribution is -2.40. The van der Waals surface area contributed by atoms with Gasteiger partial charge >= 0.3 is 12.2 Å². The first kappa shape index (κ1) is 19.8. The number of carbonyl (C=O) groups is 1. The third-order valence-electron chi connectivity index (χ3n) is 5.03. The van der Waals surface area contributed by atoms with Crippen molar-refractivity contribution in [1.82, 2.24) is 15.0 Å². The van der Waals surface area contributed by atoms with Gasteiger partial charge in [-0.1, -0.05) is 25.1 Å². The molecule has 4 rings (SSSR count). The average molecular weight is 413 g/mol. The van der Waals surface area contributed by atoms with Crippen LogP contribution in [0.5, 0.6) is 0 Å². The number of pyridine rings is 1. The molecule has 0 saturated carbocycles. The van der Waals surface area contributed by atoms with Gasteiger partial charge in [-0.25, -0.2) is 19.7 Å². The highest BCUT2D eigenvalue weighted by atomic mass is 19.4. The number of amides is 2. The number of aromatic nitrogens is 3. The molecule has 1 atom stereocenters. The molecule has 30 heavy (non-hydrogen) atoms. The summed E-state index contributed by atoms with van der Waals surface area (Å²) in [5, 5.41) is 2.70. The van der Waals surface area contributed by atoms with E-state index in [-0.39, 0.29) is 5.92 Å². The lowest BCUT2D eigenvalue weighted by molar-refractivity contribution is -0.137. The molecule has 0 bridgehead atoms. The van der Waals surface area contributed by atoms with Crippen LogP contribution in [0.2, 0.25) is 0 Å². The average Bonchev–Trinajstić information content (AvgIpc) is 2.74. The SMILES string of the molecule is CC1CCN(C(=O)Nc2ccncn2)c2nc(-c3cccc(C(F)(F)F)c3)ccc21. The van der Waals surface area contributed by atoms with Gasteiger partial charge in [0, 0.05) is 18.3 Å². The zero-order chi connectivity index (χ0) is 21.3. The molecule has 3 heterocycles. The molecule has 154 valence electrons. The van der Waals surface area contributed by atoms with Crippen molar-refractivity contribution in [3.05, 3.63) is 66.1 Å². The molecular formula is C21H18F3N5O. The number of fused-ring (bicyclic) bond motifs is 1. The number of alkyl halides is 3. The molecule has 2 amide bonds. The van der Waals surface area contributed by atoms with Crippen molar-refractivity contribution in [1.29, 1.82) is 0 Å². The maximum absolute atomic E-state index is 13.1. The minimum atomic E-state index is -4.44. The molecule has 1 unspecified atom stereocenters. The van der Waals surface area contributed by atoms with Gasteiger partial charge in [0.2, 0.25) is 0 Å². The fourth-order valence-corrected chi connectivity index (χ4v) is 3.40. The van der Waals surface area contributed by atoms with E-state index < -0.39 is 17.8 Å². The first-order valence-corrected chi connectivity index (χ1v) is 9.36. The lowest BCUT2D eigenvalue weighted by atomic mass is 9.93. The Bertz CT molecular complexity index is 1070. The number of anilines is 2. The molecular weight excluding hydrogens is 395 g/mol. The van der Waals surface area contributed by atoms with E-state index in [1.165, 1.54) is 23.5 Å². The van der Waals surface area contributed by atoms with Crippen molar-refractivity contribution in [2.24, 2.45) is 0 Å². The molecule has 0 aliphatic carbocycles. The van der Waals surface area contributed by atoms with Gasteiger partial charge in [0.15, 0.2) is 0 Å². The first-order valence-electron chi connectivity index (χ1n) is 9.36. The zero-order valence-corrected chi connectivity index (χ0v) is 16.0. The highest BCUT2D eigenvalue weighted by Gasteiger charge is 2.31. The number of hydrogen-bond acceptors (Lipinski definition) is 4. The molecule has 6 nitrogen and oxygen atoms in total. The van der Waals surface area contributed by atoms with Gasteiger partial charge in [-0.3, -0.25) is 10.2 Å². The Balaban J connectivity index is 1.70. The molecule has 2 aromatic heterocycles. The van der Waals surface area contributed by atoms with Gasteiger partial charge in [-0.15, -0.1) is 0 Å². The summed E-state index contributed by atoms with van der Waals surface area (Å²) in [6, 6.07) is 9.68. The maximum atomic E-state index is 13.1. The van der Waals surface area contributed by atoms with Crippen LogP contribution in [0.3, 0.4) is 0 Å². The van der Waals surface area contributed by atoms with Crippen molar-refractivity contribution in [2.45, 2.75) is 25.4 Å². The number of rotatable bonds is 2. The van der Waals surface area contributed by atoms with E-state index in [0.29, 0.717) is 29.4 Å². The second-order valence-corrected chi connectivity index (χ2v) is 7.05. The van der Waals surface area contributed by atoms with Crippen LogP contribution in [0.1, 0.15) is 30.4 Å². The predicted octanol–water partition coefficient (Wildman–Crippen LogP) is 5.10. The summed E-state index contributed by atoms with van der Waals surface area (Å²) in [6.07, 6.45) is -0.859. The smallest absolute Gasteiger partial charge is 0.292 e. The number of halogens is 3. The molecule has 1 aliphatic heterocycles. The van der Waals surface area contributed by atoms with E-state index in [2.05, 4.69) is 20.3 Å². The molecule has 1 aliphatic rings. The van der Waals surface area contributed by atoms with E-state index >= 15 is 0 Å². The van der Waals surface area contributed by atoms with Gasteiger partial charge in [-0.05, 0) is 42.2 Å². The van der Waals surface area contributed by atoms with Crippen molar-refractivity contribution in [3.63, 3.8) is 0 Å². The Labute approximate surface area is 170 Å². The van der Waals surface area contributed by atoms with Gasteiger partial charge < -0.3 is 0 Å². The molecule has 0 radical (unpaired) electrons. The zero-order valence-electron chi connectivity index (χ0n) is 16.0. The summed E-state index contributed by atoms with van der Waals surface area (Å²) in [7, 11) is 0. The van der Waals surface area contributed by atoms with Crippen molar-refractivity contribution in [3.8, 4) is 11.3 Å². The monoisotopic (exact) mass is 413 g/mol. The van der Waals surface area contributed by atoms with E-state index in [1.54, 1.807) is 18.2 Å². The fraction of sp³-hybridized carbons (Fsp3) is 0.238. The largest absolute Gasteiger partial charge is 0.416 e. The third kappa shape index (κ3) is 3.96. The normalized spacial score (nSPS) is 16.1. The number of nitrogens with one attached hydrogen (secondary N) is 1. The fourth-order valence-electron chi connectivity index (χ4n) is 3.40. The molecule has 3 aromatic rings. The summed E-state index contributed by atoms with van der Waals surface area (Å²) in [6.45, 7) is 2.47. The Kier molecular flexibility index (Phi) is 5.11. The second kappa shape index (κ2) is 7.74. The van der Waals surface area contributed by atoms with Crippen LogP contribution in [0.25, 0.3) is 11.3 Å². The van der Waals surface area contributed by atoms with Crippen LogP contribution in [0.4, 0.5) is 29.6 Å². The van der Waals surface area contributed by atoms with E-state index in [4.69, 9.17) is 0 Å². The standard InChI is InChI=1S/C21H18F3N5O/c1-13-8-10-29(20(30)28-18-7-9-25-12-26-18)19-16(13)5-6-17(27-19)14-3-2-4-15(11-14)21(22,23)24/h2-7,9,11-13H,8,10H2,1H3,(H,25,26,28,30). The van der Waals surface area contributed by atoms with Crippen LogP contribution in [0.15, 0.2) is 55.0 Å². The lowest BCUT2D eigenvalue weighted by Gasteiger charge is -2.32. The summed E-state index contributed by atoms with van der Waals surface area (Å²) in [5.74, 6) is 0.964. The van der Waals surface area contributed by atoms with Crippen LogP contribution >= 0.6 is 0 Å². The number of nitrogens with zero attached hydrogens (tertiary/aromatic N) is 4. The minimum absolute atomic E-state index is 0.172. The Hall–Kier alpha value is -3.49. The van der Waals surface area contributed by atoms with E-state index in [0.717, 1.165) is 24.1 Å². The molecule has 0 fully saturated rings. The molecule has 1 aromatic carbocycles. The number of urea groups is 1. The quantitative estimate of drug-likeness (QED) is 0.634. The molecule has 9 heteroatoms. The molecule has 1 N–H and O–H groups in total. The highest BCUT2D eigenvalue weighted by molar-refractivity contribution is 6.01. The van der Waals surface area contributed by atoms with Crippen LogP contribution in [0, 0.1) is 0 Å². The van der Waals surface area contributed by atoms with Crippen LogP contribution in [-0.4, -0.2) is 27.5 Å². The minimum Gasteiger partial charge on any atom is -0.292 e. The number of carbonyl (C=O) groups excluding carboxylic acids is 1. The summed E-state index contributed by atoms with van der Waals surface area (Å²) in [4.78, 5) is 26.7. The number of benzene rings is 1. The third-order valence-corrected chi connectivity index (χ3v) is 5.03. The summed E-state index contributed by atoms with van der Waals surface area (Å²) >= 11 is 0. The van der Waals surface area contributed by atoms with Crippen LogP contribution in [-0.2, 0) is 6.18 Å². The highest BCUT2D eigenvalue weighted by Crippen LogP contribution is 2.37. The van der Waals surface area contributed by atoms with Gasteiger partial charge in [0.25, 0.3) is 0 Å². The van der Waals surface area contributed by atoms with Gasteiger partial charge in [0.05, 0.1) is 11.3 Å². The predicted molar refractivity (Wildman–Crippen MR) is 106 cm³/mol. The van der Waals surface area contributed by atoms with Crippen molar-refractivity contribution >= 4 is 17.7 Å². The number of hydrogen-bond donors (Lipinski definition) is 1. The Morgan fingerprint density at radius 3 is 2.77 bits per heavy atom. The maximum Gasteiger partial charge on any atom is 0.416 e. The van der Waals surface area contributed by atoms with Crippen LogP contribution < -0.4 is 10.2 Å². The van der Waals surface area contributed by atoms with Gasteiger partial charge in [-0.2, -0.15) is 13.2 Å². The van der Waals surface area contributed by atoms with Crippen molar-refractivity contribution < 1.29 is 18.0 Å². The second-order valence-electron chi connectivity index (χ2n) is 7.05. The van der Waals surface area contributed by atoms with Gasteiger partial charge in [0.1, 0.15) is 18.0 Å². The van der Waals surface area contributed by atoms with Crippen molar-refractivity contribution in [2.75, 3.05) is 16.8 Å². The van der Waals surface area contributed by atoms with E-state index in [9.17, 15) is 18.0 Å². The topological polar surface area (TPSA) is 71.0 Å². The Morgan fingerprint density at radius 2 is 2.03 bits per heavy atom. The molecule has 0 saturated heterocycles.